The lowest BCUT2D eigenvalue weighted by molar-refractivity contribution is 0.0687. The Kier molecular flexibility index (Phi) is 2.71. The number of carboxylic acids is 1. The van der Waals surface area contributed by atoms with E-state index >= 15 is 0 Å². The molecule has 0 saturated carbocycles. The minimum Gasteiger partial charge on any atom is -0.477 e. The molecule has 0 bridgehead atoms. The number of carboxylic acid groups (broad SMARTS) is 1. The third-order valence-corrected chi connectivity index (χ3v) is 3.93. The van der Waals surface area contributed by atoms with Gasteiger partial charge >= 0.3 is 5.97 Å². The third kappa shape index (κ3) is 1.77. The molecule has 2 N–H and O–H groups in total. The monoisotopic (exact) mass is 318 g/mol. The lowest BCUT2D eigenvalue weighted by atomic mass is 10.1. The molecule has 19 heavy (non-hydrogen) atoms. The molecule has 96 valence electrons. The van der Waals surface area contributed by atoms with Gasteiger partial charge in [0.25, 0.3) is 0 Å². The van der Waals surface area contributed by atoms with Gasteiger partial charge in [0.05, 0.1) is 5.69 Å². The van der Waals surface area contributed by atoms with Gasteiger partial charge in [0, 0.05) is 34.2 Å². The van der Waals surface area contributed by atoms with E-state index in [1.54, 1.807) is 17.7 Å². The van der Waals surface area contributed by atoms with E-state index in [1.807, 2.05) is 30.5 Å². The van der Waals surface area contributed by atoms with Gasteiger partial charge in [-0.2, -0.15) is 0 Å². The summed E-state index contributed by atoms with van der Waals surface area (Å²) in [5.41, 5.74) is 3.15. The van der Waals surface area contributed by atoms with E-state index in [0.29, 0.717) is 0 Å². The Bertz CT molecular complexity index is 786. The van der Waals surface area contributed by atoms with Crippen molar-refractivity contribution < 1.29 is 9.90 Å². The Labute approximate surface area is 117 Å². The van der Waals surface area contributed by atoms with E-state index in [2.05, 4.69) is 20.9 Å². The van der Waals surface area contributed by atoms with Gasteiger partial charge in [-0.3, -0.25) is 0 Å². The first kappa shape index (κ1) is 12.0. The van der Waals surface area contributed by atoms with Crippen molar-refractivity contribution in [2.24, 2.45) is 7.05 Å². The van der Waals surface area contributed by atoms with E-state index in [1.165, 1.54) is 0 Å². The molecular formula is C14H11BrN2O2. The number of hydrogen-bond acceptors (Lipinski definition) is 1. The Hall–Kier alpha value is -2.01. The Morgan fingerprint density at radius 2 is 2.11 bits per heavy atom. The molecular weight excluding hydrogens is 308 g/mol. The SMILES string of the molecule is Cn1c(C(=O)O)ccc1-c1c[nH]c2cccc(Br)c12. The van der Waals surface area contributed by atoms with Gasteiger partial charge in [-0.1, -0.05) is 22.0 Å². The van der Waals surface area contributed by atoms with Crippen molar-refractivity contribution >= 4 is 32.8 Å². The maximum absolute atomic E-state index is 11.1. The van der Waals surface area contributed by atoms with E-state index in [-0.39, 0.29) is 5.69 Å². The van der Waals surface area contributed by atoms with Gasteiger partial charge in [-0.25, -0.2) is 4.79 Å². The fourth-order valence-electron chi connectivity index (χ4n) is 2.34. The molecule has 5 heteroatoms. The number of aromatic amines is 1. The maximum atomic E-state index is 11.1. The van der Waals surface area contributed by atoms with Crippen LogP contribution in [0.3, 0.4) is 0 Å². The molecule has 0 fully saturated rings. The highest BCUT2D eigenvalue weighted by Crippen LogP contribution is 2.34. The molecule has 3 rings (SSSR count). The average Bonchev–Trinajstić information content (AvgIpc) is 2.93. The Morgan fingerprint density at radius 1 is 1.32 bits per heavy atom. The molecule has 0 aliphatic carbocycles. The fourth-order valence-corrected chi connectivity index (χ4v) is 2.92. The number of H-pyrrole nitrogens is 1. The molecule has 0 unspecified atom stereocenters. The van der Waals surface area contributed by atoms with Crippen LogP contribution in [0.5, 0.6) is 0 Å². The summed E-state index contributed by atoms with van der Waals surface area (Å²) < 4.78 is 2.67. The molecule has 0 amide bonds. The normalized spacial score (nSPS) is 11.1. The summed E-state index contributed by atoms with van der Waals surface area (Å²) in [7, 11) is 1.76. The predicted octanol–water partition coefficient (Wildman–Crippen LogP) is 3.63. The summed E-state index contributed by atoms with van der Waals surface area (Å²) in [5.74, 6) is -0.923. The van der Waals surface area contributed by atoms with Crippen LogP contribution in [-0.2, 0) is 7.05 Å². The second-order valence-electron chi connectivity index (χ2n) is 4.33. The zero-order chi connectivity index (χ0) is 13.6. The first-order chi connectivity index (χ1) is 9.09. The van der Waals surface area contributed by atoms with Crippen LogP contribution in [0.25, 0.3) is 22.2 Å². The van der Waals surface area contributed by atoms with Crippen LogP contribution >= 0.6 is 15.9 Å². The number of nitrogens with zero attached hydrogens (tertiary/aromatic N) is 1. The van der Waals surface area contributed by atoms with Crippen LogP contribution in [0.4, 0.5) is 0 Å². The highest BCUT2D eigenvalue weighted by atomic mass is 79.9. The Balaban J connectivity index is 2.28. The van der Waals surface area contributed by atoms with Crippen molar-refractivity contribution in [1.29, 1.82) is 0 Å². The topological polar surface area (TPSA) is 58.0 Å². The third-order valence-electron chi connectivity index (χ3n) is 3.27. The van der Waals surface area contributed by atoms with Gasteiger partial charge in [0.15, 0.2) is 0 Å². The lowest BCUT2D eigenvalue weighted by Gasteiger charge is -2.05. The van der Waals surface area contributed by atoms with E-state index in [9.17, 15) is 4.79 Å². The van der Waals surface area contributed by atoms with E-state index in [4.69, 9.17) is 5.11 Å². The molecule has 4 nitrogen and oxygen atoms in total. The zero-order valence-corrected chi connectivity index (χ0v) is 11.7. The zero-order valence-electron chi connectivity index (χ0n) is 10.1. The maximum Gasteiger partial charge on any atom is 0.352 e. The van der Waals surface area contributed by atoms with Gasteiger partial charge < -0.3 is 14.7 Å². The highest BCUT2D eigenvalue weighted by molar-refractivity contribution is 9.10. The predicted molar refractivity (Wildman–Crippen MR) is 77.4 cm³/mol. The van der Waals surface area contributed by atoms with E-state index in [0.717, 1.165) is 26.6 Å². The molecule has 3 aromatic rings. The molecule has 1 aromatic carbocycles. The first-order valence-electron chi connectivity index (χ1n) is 5.74. The summed E-state index contributed by atoms with van der Waals surface area (Å²) >= 11 is 3.54. The van der Waals surface area contributed by atoms with Crippen molar-refractivity contribution in [1.82, 2.24) is 9.55 Å². The molecule has 2 aromatic heterocycles. The second kappa shape index (κ2) is 4.28. The number of benzene rings is 1. The minimum atomic E-state index is -0.923. The summed E-state index contributed by atoms with van der Waals surface area (Å²) in [4.78, 5) is 14.3. The summed E-state index contributed by atoms with van der Waals surface area (Å²) in [5, 5.41) is 10.2. The largest absolute Gasteiger partial charge is 0.477 e. The van der Waals surface area contributed by atoms with Gasteiger partial charge in [0.1, 0.15) is 5.69 Å². The molecule has 2 heterocycles. The highest BCUT2D eigenvalue weighted by Gasteiger charge is 2.16. The number of aromatic carboxylic acids is 1. The van der Waals surface area contributed by atoms with Crippen LogP contribution in [-0.4, -0.2) is 20.6 Å². The van der Waals surface area contributed by atoms with Crippen LogP contribution in [0.1, 0.15) is 10.5 Å². The fraction of sp³-hybridized carbons (Fsp3) is 0.0714. The molecule has 0 aliphatic rings. The number of aromatic nitrogens is 2. The minimum absolute atomic E-state index is 0.274. The number of nitrogens with one attached hydrogen (secondary N) is 1. The van der Waals surface area contributed by atoms with Gasteiger partial charge in [-0.15, -0.1) is 0 Å². The second-order valence-corrected chi connectivity index (χ2v) is 5.19. The van der Waals surface area contributed by atoms with Crippen LogP contribution in [0.2, 0.25) is 0 Å². The van der Waals surface area contributed by atoms with Crippen molar-refractivity contribution in [3.63, 3.8) is 0 Å². The number of halogens is 1. The van der Waals surface area contributed by atoms with E-state index < -0.39 is 5.97 Å². The summed E-state index contributed by atoms with van der Waals surface area (Å²) in [6, 6.07) is 9.37. The first-order valence-corrected chi connectivity index (χ1v) is 6.54. The number of rotatable bonds is 2. The van der Waals surface area contributed by atoms with Crippen molar-refractivity contribution in [3.8, 4) is 11.3 Å². The Morgan fingerprint density at radius 3 is 2.79 bits per heavy atom. The molecule has 0 atom stereocenters. The molecule has 0 spiro atoms. The number of fused-ring (bicyclic) bond motifs is 1. The average molecular weight is 319 g/mol. The van der Waals surface area contributed by atoms with Crippen molar-refractivity contribution in [2.45, 2.75) is 0 Å². The molecule has 0 radical (unpaired) electrons. The number of hydrogen-bond donors (Lipinski definition) is 2. The smallest absolute Gasteiger partial charge is 0.352 e. The van der Waals surface area contributed by atoms with Crippen LogP contribution < -0.4 is 0 Å². The van der Waals surface area contributed by atoms with Gasteiger partial charge in [0.2, 0.25) is 0 Å². The van der Waals surface area contributed by atoms with Gasteiger partial charge in [-0.05, 0) is 24.3 Å². The van der Waals surface area contributed by atoms with Crippen molar-refractivity contribution in [3.05, 3.63) is 46.7 Å². The van der Waals surface area contributed by atoms with Crippen molar-refractivity contribution in [2.75, 3.05) is 0 Å². The summed E-state index contributed by atoms with van der Waals surface area (Å²) in [6.07, 6.45) is 1.90. The number of carbonyl (C=O) groups is 1. The molecule has 0 aliphatic heterocycles. The summed E-state index contributed by atoms with van der Waals surface area (Å²) in [6.45, 7) is 0. The quantitative estimate of drug-likeness (QED) is 0.758. The van der Waals surface area contributed by atoms with Crippen LogP contribution in [0, 0.1) is 0 Å². The molecule has 0 saturated heterocycles. The van der Waals surface area contributed by atoms with Crippen LogP contribution in [0.15, 0.2) is 41.0 Å². The lowest BCUT2D eigenvalue weighted by Crippen LogP contribution is -2.04. The standard InChI is InChI=1S/C14H11BrN2O2/c1-17-11(5-6-12(17)14(18)19)8-7-16-10-4-2-3-9(15)13(8)10/h2-7,16H,1H3,(H,18,19).